The molecule has 31 heavy (non-hydrogen) atoms. The van der Waals surface area contributed by atoms with Gasteiger partial charge in [-0.05, 0) is 58.0 Å². The molecule has 0 fully saturated rings. The molecule has 0 atom stereocenters. The summed E-state index contributed by atoms with van der Waals surface area (Å²) < 4.78 is 10.8. The Labute approximate surface area is 181 Å². The predicted octanol–water partition coefficient (Wildman–Crippen LogP) is 3.81. The molecule has 0 saturated heterocycles. The van der Waals surface area contributed by atoms with E-state index in [-0.39, 0.29) is 25.0 Å². The number of nitrogens with zero attached hydrogens (tertiary/aromatic N) is 2. The Hall–Kier alpha value is -3.55. The van der Waals surface area contributed by atoms with Gasteiger partial charge in [-0.1, -0.05) is 18.2 Å². The zero-order valence-electron chi connectivity index (χ0n) is 18.2. The Morgan fingerprint density at radius 1 is 1.16 bits per heavy atom. The van der Waals surface area contributed by atoms with E-state index in [0.717, 1.165) is 5.69 Å². The Kier molecular flexibility index (Phi) is 6.48. The number of nitrogens with one attached hydrogen (secondary N) is 1. The lowest BCUT2D eigenvalue weighted by molar-refractivity contribution is -0.124. The van der Waals surface area contributed by atoms with E-state index in [9.17, 15) is 14.4 Å². The predicted molar refractivity (Wildman–Crippen MR) is 119 cm³/mol. The second-order valence-corrected chi connectivity index (χ2v) is 8.05. The number of fused-ring (bicyclic) bond motifs is 1. The number of carbonyl (C=O) groups excluding carboxylic acids is 3. The Balaban J connectivity index is 1.82. The lowest BCUT2D eigenvalue weighted by Gasteiger charge is -2.31. The van der Waals surface area contributed by atoms with Gasteiger partial charge in [0.2, 0.25) is 5.91 Å². The van der Waals surface area contributed by atoms with Crippen LogP contribution in [0.15, 0.2) is 48.5 Å². The summed E-state index contributed by atoms with van der Waals surface area (Å²) in [6.45, 7) is 7.35. The zero-order valence-corrected chi connectivity index (χ0v) is 18.2. The number of hydrogen-bond acceptors (Lipinski definition) is 5. The van der Waals surface area contributed by atoms with Crippen LogP contribution in [0, 0.1) is 0 Å². The largest absolute Gasteiger partial charge is 0.482 e. The summed E-state index contributed by atoms with van der Waals surface area (Å²) in [5.74, 6) is -0.0929. The van der Waals surface area contributed by atoms with E-state index in [1.807, 2.05) is 37.3 Å². The third-order valence-corrected chi connectivity index (χ3v) is 4.53. The van der Waals surface area contributed by atoms with Crippen LogP contribution in [0.5, 0.6) is 5.75 Å². The first-order chi connectivity index (χ1) is 14.7. The van der Waals surface area contributed by atoms with Gasteiger partial charge in [0, 0.05) is 17.9 Å². The van der Waals surface area contributed by atoms with E-state index in [0.29, 0.717) is 23.7 Å². The summed E-state index contributed by atoms with van der Waals surface area (Å²) >= 11 is 0. The molecule has 0 aliphatic carbocycles. The summed E-state index contributed by atoms with van der Waals surface area (Å²) in [5.41, 5.74) is 0.967. The van der Waals surface area contributed by atoms with Crippen LogP contribution in [0.25, 0.3) is 0 Å². The van der Waals surface area contributed by atoms with Crippen LogP contribution >= 0.6 is 0 Å². The van der Waals surface area contributed by atoms with Gasteiger partial charge >= 0.3 is 6.09 Å². The number of carbonyl (C=O) groups is 3. The molecule has 1 aliphatic rings. The van der Waals surface area contributed by atoms with Gasteiger partial charge in [-0.3, -0.25) is 19.8 Å². The summed E-state index contributed by atoms with van der Waals surface area (Å²) in [6.07, 6.45) is -0.612. The number of rotatable bonds is 5. The highest BCUT2D eigenvalue weighted by molar-refractivity contribution is 6.06. The molecule has 0 aromatic heterocycles. The maximum absolute atomic E-state index is 13.0. The van der Waals surface area contributed by atoms with Crippen LogP contribution in [0.4, 0.5) is 21.9 Å². The molecule has 2 aromatic rings. The molecule has 8 heteroatoms. The normalized spacial score (nSPS) is 13.2. The molecule has 3 rings (SSSR count). The van der Waals surface area contributed by atoms with Crippen molar-refractivity contribution in [3.05, 3.63) is 48.5 Å². The van der Waals surface area contributed by atoms with Gasteiger partial charge in [0.15, 0.2) is 6.61 Å². The highest BCUT2D eigenvalue weighted by atomic mass is 16.6. The van der Waals surface area contributed by atoms with Crippen molar-refractivity contribution in [2.75, 3.05) is 34.8 Å². The van der Waals surface area contributed by atoms with Crippen molar-refractivity contribution < 1.29 is 23.9 Å². The van der Waals surface area contributed by atoms with Gasteiger partial charge in [-0.25, -0.2) is 4.79 Å². The van der Waals surface area contributed by atoms with Gasteiger partial charge in [0.25, 0.3) is 5.91 Å². The number of likely N-dealkylation sites (N-methyl/N-ethyl adjacent to an activating group) is 1. The molecule has 0 bridgehead atoms. The van der Waals surface area contributed by atoms with Gasteiger partial charge in [-0.15, -0.1) is 0 Å². The lowest BCUT2D eigenvalue weighted by atomic mass is 10.2. The summed E-state index contributed by atoms with van der Waals surface area (Å²) in [6, 6.07) is 14.2. The van der Waals surface area contributed by atoms with E-state index in [1.54, 1.807) is 43.9 Å². The van der Waals surface area contributed by atoms with E-state index in [2.05, 4.69) is 5.32 Å². The third-order valence-electron chi connectivity index (χ3n) is 4.53. The van der Waals surface area contributed by atoms with Crippen LogP contribution in [0.1, 0.15) is 27.7 Å². The van der Waals surface area contributed by atoms with Gasteiger partial charge < -0.3 is 14.4 Å². The number of amides is 3. The number of anilines is 3. The van der Waals surface area contributed by atoms with Crippen molar-refractivity contribution in [3.63, 3.8) is 0 Å². The third kappa shape index (κ3) is 5.53. The standard InChI is InChI=1S/C23H27N3O5/c1-5-25(17-9-7-6-8-10-17)20(27)14-26-18-13-16(24-22(29)31-23(2,3)4)11-12-19(18)30-15-21(26)28/h6-13H,5,14-15H2,1-4H3,(H,24,29). The van der Waals surface area contributed by atoms with E-state index in [4.69, 9.17) is 9.47 Å². The molecule has 8 nitrogen and oxygen atoms in total. The Bertz CT molecular complexity index is 969. The minimum absolute atomic E-state index is 0.145. The van der Waals surface area contributed by atoms with Gasteiger partial charge in [-0.2, -0.15) is 0 Å². The molecular weight excluding hydrogens is 398 g/mol. The number of benzene rings is 2. The van der Waals surface area contributed by atoms with Gasteiger partial charge in [0.05, 0.1) is 5.69 Å². The van der Waals surface area contributed by atoms with E-state index in [1.165, 1.54) is 4.90 Å². The minimum atomic E-state index is -0.642. The summed E-state index contributed by atoms with van der Waals surface area (Å²) in [4.78, 5) is 40.7. The van der Waals surface area contributed by atoms with Crippen molar-refractivity contribution in [2.45, 2.75) is 33.3 Å². The first-order valence-electron chi connectivity index (χ1n) is 10.1. The second kappa shape index (κ2) is 9.07. The van der Waals surface area contributed by atoms with Crippen LogP contribution < -0.4 is 19.9 Å². The molecule has 3 amide bonds. The molecular formula is C23H27N3O5. The number of para-hydroxylation sites is 1. The first kappa shape index (κ1) is 22.1. The second-order valence-electron chi connectivity index (χ2n) is 8.05. The first-order valence-corrected chi connectivity index (χ1v) is 10.1. The summed E-state index contributed by atoms with van der Waals surface area (Å²) in [5, 5.41) is 2.65. The van der Waals surface area contributed by atoms with Crippen LogP contribution in [0.2, 0.25) is 0 Å². The van der Waals surface area contributed by atoms with E-state index >= 15 is 0 Å². The van der Waals surface area contributed by atoms with E-state index < -0.39 is 11.7 Å². The van der Waals surface area contributed by atoms with Crippen LogP contribution in [-0.4, -0.2) is 43.2 Å². The monoisotopic (exact) mass is 425 g/mol. The van der Waals surface area contributed by atoms with Crippen molar-refractivity contribution in [1.82, 2.24) is 0 Å². The SMILES string of the molecule is CCN(C(=O)CN1C(=O)COc2ccc(NC(=O)OC(C)(C)C)cc21)c1ccccc1. The molecule has 1 heterocycles. The molecule has 0 spiro atoms. The zero-order chi connectivity index (χ0) is 22.6. The van der Waals surface area contributed by atoms with Crippen LogP contribution in [-0.2, 0) is 14.3 Å². The van der Waals surface area contributed by atoms with Crippen molar-refractivity contribution in [2.24, 2.45) is 0 Å². The fourth-order valence-corrected chi connectivity index (χ4v) is 3.21. The summed E-state index contributed by atoms with van der Waals surface area (Å²) in [7, 11) is 0. The average Bonchev–Trinajstić information content (AvgIpc) is 2.70. The Morgan fingerprint density at radius 2 is 1.87 bits per heavy atom. The molecule has 2 aromatic carbocycles. The average molecular weight is 425 g/mol. The van der Waals surface area contributed by atoms with Gasteiger partial charge in [0.1, 0.15) is 17.9 Å². The molecule has 1 N–H and O–H groups in total. The number of hydrogen-bond donors (Lipinski definition) is 1. The quantitative estimate of drug-likeness (QED) is 0.787. The Morgan fingerprint density at radius 3 is 2.52 bits per heavy atom. The molecule has 0 unspecified atom stereocenters. The molecule has 164 valence electrons. The molecule has 0 saturated carbocycles. The van der Waals surface area contributed by atoms with Crippen molar-refractivity contribution in [1.29, 1.82) is 0 Å². The molecule has 0 radical (unpaired) electrons. The highest BCUT2D eigenvalue weighted by Crippen LogP contribution is 2.35. The highest BCUT2D eigenvalue weighted by Gasteiger charge is 2.29. The maximum atomic E-state index is 13.0. The number of ether oxygens (including phenoxy) is 2. The fraction of sp³-hybridized carbons (Fsp3) is 0.348. The van der Waals surface area contributed by atoms with Crippen molar-refractivity contribution in [3.8, 4) is 5.75 Å². The smallest absolute Gasteiger partial charge is 0.412 e. The minimum Gasteiger partial charge on any atom is -0.482 e. The topological polar surface area (TPSA) is 88.2 Å². The molecule has 1 aliphatic heterocycles. The maximum Gasteiger partial charge on any atom is 0.412 e. The van der Waals surface area contributed by atoms with Crippen LogP contribution in [0.3, 0.4) is 0 Å². The van der Waals surface area contributed by atoms with Crippen molar-refractivity contribution >= 4 is 35.0 Å². The lowest BCUT2D eigenvalue weighted by Crippen LogP contribution is -2.46. The fourth-order valence-electron chi connectivity index (χ4n) is 3.21.